The third-order valence-electron chi connectivity index (χ3n) is 6.51. The zero-order valence-corrected chi connectivity index (χ0v) is 22.0. The minimum absolute atomic E-state index is 0.330. The average Bonchev–Trinajstić information content (AvgIpc) is 2.97. The summed E-state index contributed by atoms with van der Waals surface area (Å²) in [5, 5.41) is 17.0. The van der Waals surface area contributed by atoms with E-state index >= 15 is 0 Å². The highest BCUT2D eigenvalue weighted by Crippen LogP contribution is 2.39. The summed E-state index contributed by atoms with van der Waals surface area (Å²) in [6, 6.07) is 11.2. The third-order valence-corrected chi connectivity index (χ3v) is 6.51. The smallest absolute Gasteiger partial charge is 0.247 e. The second-order valence-electron chi connectivity index (χ2n) is 8.83. The summed E-state index contributed by atoms with van der Waals surface area (Å²) < 4.78 is 5.71. The van der Waals surface area contributed by atoms with Gasteiger partial charge in [-0.1, -0.05) is 12.6 Å². The SMILES string of the molecule is C=CC(=O)Nc1cc(Nc2cc(-c3ccc(NC)c(C=N)c3)ncn2)c(OC)cc1N1CCN(CC=O)CC1. The highest BCUT2D eigenvalue weighted by molar-refractivity contribution is 6.02. The zero-order valence-electron chi connectivity index (χ0n) is 22.0. The summed E-state index contributed by atoms with van der Waals surface area (Å²) in [5.74, 6) is 0.772. The topological polar surface area (TPSA) is 136 Å². The molecule has 0 bridgehead atoms. The number of carbonyl (C=O) groups excluding carboxylic acids is 2. The third kappa shape index (κ3) is 6.39. The molecule has 1 aliphatic heterocycles. The molecular formula is C28H32N8O3. The van der Waals surface area contributed by atoms with E-state index in [9.17, 15) is 9.59 Å². The normalized spacial score (nSPS) is 13.3. The van der Waals surface area contributed by atoms with E-state index in [0.29, 0.717) is 48.3 Å². The van der Waals surface area contributed by atoms with Gasteiger partial charge in [0.1, 0.15) is 24.2 Å². The molecule has 4 N–H and O–H groups in total. The molecule has 0 saturated carbocycles. The maximum Gasteiger partial charge on any atom is 0.247 e. The zero-order chi connectivity index (χ0) is 27.8. The van der Waals surface area contributed by atoms with Crippen LogP contribution >= 0.6 is 0 Å². The van der Waals surface area contributed by atoms with Gasteiger partial charge in [0.15, 0.2) is 0 Å². The van der Waals surface area contributed by atoms with Crippen molar-refractivity contribution in [1.29, 1.82) is 5.41 Å². The lowest BCUT2D eigenvalue weighted by Gasteiger charge is -2.36. The Morgan fingerprint density at radius 3 is 2.56 bits per heavy atom. The van der Waals surface area contributed by atoms with Crippen LogP contribution in [0.25, 0.3) is 11.3 Å². The molecule has 1 aliphatic rings. The Hall–Kier alpha value is -4.77. The Morgan fingerprint density at radius 2 is 1.90 bits per heavy atom. The lowest BCUT2D eigenvalue weighted by atomic mass is 10.1. The Morgan fingerprint density at radius 1 is 1.10 bits per heavy atom. The van der Waals surface area contributed by atoms with Crippen LogP contribution in [0.3, 0.4) is 0 Å². The fourth-order valence-corrected chi connectivity index (χ4v) is 4.45. The average molecular weight is 529 g/mol. The number of hydrogen-bond donors (Lipinski definition) is 4. The van der Waals surface area contributed by atoms with E-state index < -0.39 is 0 Å². The van der Waals surface area contributed by atoms with E-state index in [1.807, 2.05) is 43.4 Å². The number of aldehydes is 1. The second-order valence-corrected chi connectivity index (χ2v) is 8.83. The first-order chi connectivity index (χ1) is 19.0. The van der Waals surface area contributed by atoms with Crippen molar-refractivity contribution >= 4 is 47.0 Å². The van der Waals surface area contributed by atoms with E-state index in [1.54, 1.807) is 7.11 Å². The molecule has 11 nitrogen and oxygen atoms in total. The molecule has 3 aromatic rings. The van der Waals surface area contributed by atoms with Crippen molar-refractivity contribution in [3.8, 4) is 17.0 Å². The van der Waals surface area contributed by atoms with Crippen LogP contribution < -0.4 is 25.6 Å². The summed E-state index contributed by atoms with van der Waals surface area (Å²) in [4.78, 5) is 36.2. The molecule has 11 heteroatoms. The van der Waals surface area contributed by atoms with Crippen LogP contribution in [0.4, 0.5) is 28.6 Å². The number of ether oxygens (including phenoxy) is 1. The highest BCUT2D eigenvalue weighted by atomic mass is 16.5. The van der Waals surface area contributed by atoms with Gasteiger partial charge in [-0.3, -0.25) is 9.69 Å². The Labute approximate surface area is 227 Å². The van der Waals surface area contributed by atoms with Gasteiger partial charge >= 0.3 is 0 Å². The van der Waals surface area contributed by atoms with E-state index in [4.69, 9.17) is 10.1 Å². The molecule has 0 radical (unpaired) electrons. The molecule has 1 saturated heterocycles. The van der Waals surface area contributed by atoms with Crippen LogP contribution in [-0.2, 0) is 9.59 Å². The van der Waals surface area contributed by atoms with Crippen LogP contribution in [0.2, 0.25) is 0 Å². The fourth-order valence-electron chi connectivity index (χ4n) is 4.45. The fraction of sp³-hybridized carbons (Fsp3) is 0.250. The number of anilines is 5. The minimum atomic E-state index is -0.330. The highest BCUT2D eigenvalue weighted by Gasteiger charge is 2.22. The first kappa shape index (κ1) is 27.3. The standard InChI is InChI=1S/C28H32N8O3/c1-4-28(38)34-23-14-24(26(39-3)16-25(23)36-9-7-35(8-10-36)11-12-37)33-27-15-22(31-18-32-27)19-5-6-21(30-2)20(13-19)17-29/h4-6,12-18,29-30H,1,7-11H2,2-3H3,(H,34,38)(H,31,32,33). The largest absolute Gasteiger partial charge is 0.494 e. The molecule has 0 spiro atoms. The minimum Gasteiger partial charge on any atom is -0.494 e. The Bertz CT molecular complexity index is 1370. The molecule has 0 aliphatic carbocycles. The number of piperazine rings is 1. The number of amides is 1. The molecule has 202 valence electrons. The van der Waals surface area contributed by atoms with Crippen molar-refractivity contribution in [3.63, 3.8) is 0 Å². The van der Waals surface area contributed by atoms with Gasteiger partial charge in [-0.2, -0.15) is 0 Å². The molecule has 1 fully saturated rings. The molecular weight excluding hydrogens is 496 g/mol. The molecule has 1 aromatic heterocycles. The number of nitrogens with one attached hydrogen (secondary N) is 4. The van der Waals surface area contributed by atoms with Crippen molar-refractivity contribution in [1.82, 2.24) is 14.9 Å². The van der Waals surface area contributed by atoms with Crippen molar-refractivity contribution in [2.45, 2.75) is 0 Å². The van der Waals surface area contributed by atoms with Gasteiger partial charge < -0.3 is 35.8 Å². The number of carbonyl (C=O) groups is 2. The predicted molar refractivity (Wildman–Crippen MR) is 155 cm³/mol. The van der Waals surface area contributed by atoms with Gasteiger partial charge in [-0.05, 0) is 24.3 Å². The predicted octanol–water partition coefficient (Wildman–Crippen LogP) is 3.38. The molecule has 39 heavy (non-hydrogen) atoms. The van der Waals surface area contributed by atoms with Crippen molar-refractivity contribution < 1.29 is 14.3 Å². The van der Waals surface area contributed by atoms with Crippen LogP contribution in [0.5, 0.6) is 5.75 Å². The summed E-state index contributed by atoms with van der Waals surface area (Å²) in [7, 11) is 3.40. The van der Waals surface area contributed by atoms with Gasteiger partial charge in [0.2, 0.25) is 5.91 Å². The first-order valence-corrected chi connectivity index (χ1v) is 12.5. The first-order valence-electron chi connectivity index (χ1n) is 12.5. The van der Waals surface area contributed by atoms with Gasteiger partial charge in [-0.25, -0.2) is 9.97 Å². The quantitative estimate of drug-likeness (QED) is 0.168. The van der Waals surface area contributed by atoms with Crippen LogP contribution in [0.15, 0.2) is 55.4 Å². The summed E-state index contributed by atoms with van der Waals surface area (Å²) in [6.07, 6.45) is 4.90. The number of rotatable bonds is 11. The molecule has 4 rings (SSSR count). The maximum atomic E-state index is 12.3. The summed E-state index contributed by atoms with van der Waals surface area (Å²) >= 11 is 0. The molecule has 0 atom stereocenters. The molecule has 2 aromatic carbocycles. The van der Waals surface area contributed by atoms with Gasteiger partial charge in [0, 0.05) is 68.4 Å². The van der Waals surface area contributed by atoms with Crippen LogP contribution in [0, 0.1) is 5.41 Å². The van der Waals surface area contributed by atoms with Gasteiger partial charge in [-0.15, -0.1) is 0 Å². The van der Waals surface area contributed by atoms with E-state index in [0.717, 1.165) is 41.9 Å². The van der Waals surface area contributed by atoms with Crippen molar-refractivity contribution in [2.24, 2.45) is 0 Å². The number of nitrogens with zero attached hydrogens (tertiary/aromatic N) is 4. The second kappa shape index (κ2) is 12.7. The maximum absolute atomic E-state index is 12.3. The Kier molecular flexibility index (Phi) is 8.85. The van der Waals surface area contributed by atoms with Crippen LogP contribution in [-0.4, -0.2) is 80.2 Å². The number of aromatic nitrogens is 2. The monoisotopic (exact) mass is 528 g/mol. The van der Waals surface area contributed by atoms with Gasteiger partial charge in [0.05, 0.1) is 36.4 Å². The lowest BCUT2D eigenvalue weighted by Crippen LogP contribution is -2.47. The van der Waals surface area contributed by atoms with E-state index in [2.05, 4.69) is 42.3 Å². The van der Waals surface area contributed by atoms with Crippen molar-refractivity contribution in [2.75, 3.05) is 67.7 Å². The lowest BCUT2D eigenvalue weighted by molar-refractivity contribution is -0.112. The Balaban J connectivity index is 1.66. The molecule has 1 amide bonds. The summed E-state index contributed by atoms with van der Waals surface area (Å²) in [5.41, 5.74) is 5.14. The number of methoxy groups -OCH3 is 1. The number of hydrogen-bond acceptors (Lipinski definition) is 10. The molecule has 2 heterocycles. The van der Waals surface area contributed by atoms with E-state index in [-0.39, 0.29) is 5.91 Å². The van der Waals surface area contributed by atoms with Crippen molar-refractivity contribution in [3.05, 3.63) is 60.9 Å². The number of benzene rings is 2. The van der Waals surface area contributed by atoms with Crippen LogP contribution in [0.1, 0.15) is 5.56 Å². The molecule has 0 unspecified atom stereocenters. The van der Waals surface area contributed by atoms with Gasteiger partial charge in [0.25, 0.3) is 0 Å². The van der Waals surface area contributed by atoms with E-state index in [1.165, 1.54) is 18.6 Å². The summed E-state index contributed by atoms with van der Waals surface area (Å²) in [6.45, 7) is 6.83.